The highest BCUT2D eigenvalue weighted by molar-refractivity contribution is 7.44. The molecule has 6 heteroatoms. The molecule has 0 aliphatic carbocycles. The monoisotopic (exact) mass is 575 g/mol. The number of hydrogen-bond donors (Lipinski definition) is 0. The van der Waals surface area contributed by atoms with E-state index in [9.17, 15) is 0 Å². The van der Waals surface area contributed by atoms with Crippen molar-refractivity contribution in [3.8, 4) is 0 Å². The lowest BCUT2D eigenvalue weighted by Gasteiger charge is -2.47. The van der Waals surface area contributed by atoms with Gasteiger partial charge in [0.15, 0.2) is 16.5 Å². The fourth-order valence-corrected chi connectivity index (χ4v) is 23.5. The molecule has 1 aliphatic rings. The van der Waals surface area contributed by atoms with E-state index in [0.29, 0.717) is 0 Å². The molecule has 0 amide bonds. The molecular weight excluding hydrogens is 542 g/mol. The van der Waals surface area contributed by atoms with E-state index >= 15 is 0 Å². The van der Waals surface area contributed by atoms with Crippen LogP contribution in [-0.2, 0) is 0 Å². The lowest BCUT2D eigenvalue weighted by Crippen LogP contribution is -2.78. The van der Waals surface area contributed by atoms with Crippen LogP contribution in [0, 0.1) is 0 Å². The Labute approximate surface area is 234 Å². The minimum atomic E-state index is -2.27. The van der Waals surface area contributed by atoms with Crippen LogP contribution in [0.3, 0.4) is 0 Å². The summed E-state index contributed by atoms with van der Waals surface area (Å²) in [6.07, 6.45) is 2.19. The van der Waals surface area contributed by atoms with Crippen molar-refractivity contribution in [2.75, 3.05) is 6.54 Å². The SMILES string of the molecule is C[Si](Cl)(Cl)CCCCN1[Si](c2ccccc2)(c2ccccc2)CC[Si]1(c1ccccc1)c1ccccc1. The molecule has 1 heterocycles. The molecule has 190 valence electrons. The molecule has 0 saturated carbocycles. The average molecular weight is 577 g/mol. The van der Waals surface area contributed by atoms with Gasteiger partial charge in [0, 0.05) is 0 Å². The molecule has 1 fully saturated rings. The molecule has 0 unspecified atom stereocenters. The molecule has 4 aromatic carbocycles. The summed E-state index contributed by atoms with van der Waals surface area (Å²) in [5.41, 5.74) is 0. The quantitative estimate of drug-likeness (QED) is 0.131. The van der Waals surface area contributed by atoms with Gasteiger partial charge in [-0.15, -0.1) is 22.2 Å². The third kappa shape index (κ3) is 5.33. The lowest BCUT2D eigenvalue weighted by molar-refractivity contribution is 0.595. The molecule has 37 heavy (non-hydrogen) atoms. The Morgan fingerprint density at radius 3 is 1.19 bits per heavy atom. The maximum absolute atomic E-state index is 6.53. The number of benzene rings is 4. The van der Waals surface area contributed by atoms with Crippen LogP contribution in [0.25, 0.3) is 0 Å². The average Bonchev–Trinajstić information content (AvgIpc) is 3.29. The van der Waals surface area contributed by atoms with E-state index in [0.717, 1.165) is 25.4 Å². The van der Waals surface area contributed by atoms with Crippen LogP contribution < -0.4 is 20.7 Å². The van der Waals surface area contributed by atoms with Gasteiger partial charge in [-0.25, -0.2) is 0 Å². The third-order valence-corrected chi connectivity index (χ3v) is 22.6. The molecule has 0 aromatic heterocycles. The Morgan fingerprint density at radius 2 is 0.892 bits per heavy atom. The minimum Gasteiger partial charge on any atom is -0.331 e. The van der Waals surface area contributed by atoms with Crippen molar-refractivity contribution in [2.24, 2.45) is 0 Å². The largest absolute Gasteiger partial charge is 0.331 e. The minimum absolute atomic E-state index is 0.945. The van der Waals surface area contributed by atoms with E-state index < -0.39 is 23.2 Å². The second-order valence-corrected chi connectivity index (χ2v) is 26.9. The van der Waals surface area contributed by atoms with Gasteiger partial charge in [0.05, 0.1) is 0 Å². The lowest BCUT2D eigenvalue weighted by atomic mass is 10.3. The Hall–Kier alpha value is -1.93. The van der Waals surface area contributed by atoms with Gasteiger partial charge in [-0.1, -0.05) is 128 Å². The van der Waals surface area contributed by atoms with Crippen molar-refractivity contribution in [2.45, 2.75) is 37.5 Å². The molecular formula is C31H35Cl2NSi3. The Balaban J connectivity index is 1.72. The van der Waals surface area contributed by atoms with E-state index in [2.05, 4.69) is 126 Å². The summed E-state index contributed by atoms with van der Waals surface area (Å²) in [6, 6.07) is 49.1. The molecule has 0 spiro atoms. The predicted molar refractivity (Wildman–Crippen MR) is 169 cm³/mol. The number of nitrogens with zero attached hydrogens (tertiary/aromatic N) is 1. The molecule has 0 N–H and O–H groups in total. The maximum Gasteiger partial charge on any atom is 0.248 e. The van der Waals surface area contributed by atoms with Gasteiger partial charge >= 0.3 is 0 Å². The Kier molecular flexibility index (Phi) is 8.25. The van der Waals surface area contributed by atoms with Crippen molar-refractivity contribution in [3.05, 3.63) is 121 Å². The van der Waals surface area contributed by atoms with Crippen LogP contribution in [0.4, 0.5) is 0 Å². The highest BCUT2D eigenvalue weighted by atomic mass is 35.7. The summed E-state index contributed by atoms with van der Waals surface area (Å²) in [7, 11) is -4.54. The molecule has 0 radical (unpaired) electrons. The Bertz CT molecular complexity index is 1100. The highest BCUT2D eigenvalue weighted by Crippen LogP contribution is 2.37. The van der Waals surface area contributed by atoms with Crippen molar-refractivity contribution in [1.82, 2.24) is 4.23 Å². The zero-order valence-corrected chi connectivity index (χ0v) is 26.0. The van der Waals surface area contributed by atoms with Gasteiger partial charge in [-0.05, 0) is 58.4 Å². The van der Waals surface area contributed by atoms with E-state index in [1.54, 1.807) is 0 Å². The van der Waals surface area contributed by atoms with E-state index in [1.807, 2.05) is 6.55 Å². The van der Waals surface area contributed by atoms with Gasteiger partial charge in [0.25, 0.3) is 0 Å². The fraction of sp³-hybridized carbons (Fsp3) is 0.226. The second kappa shape index (κ2) is 11.4. The zero-order chi connectivity index (χ0) is 25.8. The van der Waals surface area contributed by atoms with Crippen LogP contribution in [-0.4, -0.2) is 33.9 Å². The molecule has 0 atom stereocenters. The number of halogens is 2. The molecule has 4 aromatic rings. The fourth-order valence-electron chi connectivity index (χ4n) is 6.43. The van der Waals surface area contributed by atoms with Gasteiger partial charge in [0.1, 0.15) is 0 Å². The van der Waals surface area contributed by atoms with Crippen molar-refractivity contribution in [3.63, 3.8) is 0 Å². The highest BCUT2D eigenvalue weighted by Gasteiger charge is 2.60. The first-order valence-corrected chi connectivity index (χ1v) is 22.4. The second-order valence-electron chi connectivity index (χ2n) is 10.4. The number of unbranched alkanes of at least 4 members (excludes halogenated alkanes) is 1. The van der Waals surface area contributed by atoms with Crippen molar-refractivity contribution in [1.29, 1.82) is 0 Å². The maximum atomic E-state index is 6.53. The standard InChI is InChI=1S/C31H35Cl2NSi3/c1-35(32,33)25-15-14-24-34-36(28-16-6-2-7-17-28,29-18-8-3-9-19-29)26-27-37(34,30-20-10-4-11-21-30)31-22-12-5-13-23-31/h2-13,16-23H,14-15,24-27H2,1H3. The molecule has 1 nitrogen and oxygen atoms in total. The first-order chi connectivity index (χ1) is 18.0. The van der Waals surface area contributed by atoms with Gasteiger partial charge in [-0.3, -0.25) is 0 Å². The smallest absolute Gasteiger partial charge is 0.248 e. The van der Waals surface area contributed by atoms with Gasteiger partial charge in [-0.2, -0.15) is 0 Å². The number of hydrogen-bond acceptors (Lipinski definition) is 1. The Morgan fingerprint density at radius 1 is 0.568 bits per heavy atom. The summed E-state index contributed by atoms with van der Waals surface area (Å²) in [6.45, 7) is 1.01. The van der Waals surface area contributed by atoms with Crippen LogP contribution in [0.2, 0.25) is 24.7 Å². The molecule has 1 aliphatic heterocycles. The zero-order valence-electron chi connectivity index (χ0n) is 21.5. The van der Waals surface area contributed by atoms with E-state index in [1.165, 1.54) is 32.8 Å². The summed E-state index contributed by atoms with van der Waals surface area (Å²) in [4.78, 5) is 0. The van der Waals surface area contributed by atoms with E-state index in [-0.39, 0.29) is 0 Å². The first-order valence-electron chi connectivity index (χ1n) is 13.3. The topological polar surface area (TPSA) is 3.24 Å². The summed E-state index contributed by atoms with van der Waals surface area (Å²) in [5, 5.41) is 6.10. The van der Waals surface area contributed by atoms with Crippen LogP contribution >= 0.6 is 22.2 Å². The molecule has 5 rings (SSSR count). The van der Waals surface area contributed by atoms with Crippen LogP contribution in [0.15, 0.2) is 121 Å². The van der Waals surface area contributed by atoms with Gasteiger partial charge in [0.2, 0.25) is 6.69 Å². The molecule has 0 bridgehead atoms. The molecule has 1 saturated heterocycles. The third-order valence-electron chi connectivity index (χ3n) is 8.02. The number of rotatable bonds is 9. The van der Waals surface area contributed by atoms with Crippen LogP contribution in [0.5, 0.6) is 0 Å². The summed E-state index contributed by atoms with van der Waals surface area (Å²) >= 11 is 13.1. The van der Waals surface area contributed by atoms with E-state index in [4.69, 9.17) is 22.2 Å². The van der Waals surface area contributed by atoms with Crippen molar-refractivity contribution < 1.29 is 0 Å². The summed E-state index contributed by atoms with van der Waals surface area (Å²) < 4.78 is 3.09. The predicted octanol–water partition coefficient (Wildman–Crippen LogP) is 6.15. The normalized spacial score (nSPS) is 17.1. The van der Waals surface area contributed by atoms with Gasteiger partial charge < -0.3 is 4.23 Å². The van der Waals surface area contributed by atoms with Crippen molar-refractivity contribution >= 4 is 66.1 Å². The first kappa shape index (κ1) is 26.7. The van der Waals surface area contributed by atoms with Crippen LogP contribution in [0.1, 0.15) is 12.8 Å². The summed E-state index contributed by atoms with van der Waals surface area (Å²) in [5.74, 6) is 0.